The number of benzene rings is 1. The highest BCUT2D eigenvalue weighted by molar-refractivity contribution is 7.89. The molecule has 0 fully saturated rings. The molecular weight excluding hydrogens is 266 g/mol. The molecule has 0 heterocycles. The third-order valence-corrected chi connectivity index (χ3v) is 4.13. The lowest BCUT2D eigenvalue weighted by molar-refractivity contribution is -0.120. The topological polar surface area (TPSA) is 101 Å². The summed E-state index contributed by atoms with van der Waals surface area (Å²) in [6.07, 6.45) is 0.112. The molecule has 0 saturated carbocycles. The molecule has 1 amide bonds. The monoisotopic (exact) mass is 285 g/mol. The largest absolute Gasteiger partial charge is 0.399 e. The zero-order valence-electron chi connectivity index (χ0n) is 11.1. The van der Waals surface area contributed by atoms with Crippen LogP contribution in [0.5, 0.6) is 0 Å². The lowest BCUT2D eigenvalue weighted by atomic mass is 10.2. The number of rotatable bonds is 6. The van der Waals surface area contributed by atoms with Gasteiger partial charge in [-0.05, 0) is 37.6 Å². The van der Waals surface area contributed by atoms with Crippen molar-refractivity contribution < 1.29 is 13.2 Å². The van der Waals surface area contributed by atoms with Crippen LogP contribution in [0.4, 0.5) is 5.69 Å². The van der Waals surface area contributed by atoms with Gasteiger partial charge in [0.1, 0.15) is 0 Å². The predicted molar refractivity (Wildman–Crippen MR) is 74.1 cm³/mol. The van der Waals surface area contributed by atoms with Crippen LogP contribution < -0.4 is 15.8 Å². The molecule has 0 aliphatic heterocycles. The Hall–Kier alpha value is -1.60. The Labute approximate surface area is 113 Å². The zero-order chi connectivity index (χ0) is 14.5. The van der Waals surface area contributed by atoms with E-state index >= 15 is 0 Å². The number of anilines is 1. The van der Waals surface area contributed by atoms with Crippen LogP contribution >= 0.6 is 0 Å². The van der Waals surface area contributed by atoms with Crippen LogP contribution in [-0.4, -0.2) is 27.4 Å². The molecule has 0 radical (unpaired) electrons. The van der Waals surface area contributed by atoms with Crippen LogP contribution in [0, 0.1) is 6.92 Å². The van der Waals surface area contributed by atoms with E-state index in [0.29, 0.717) is 17.8 Å². The van der Waals surface area contributed by atoms with E-state index in [-0.39, 0.29) is 23.8 Å². The van der Waals surface area contributed by atoms with Crippen LogP contribution in [0.3, 0.4) is 0 Å². The van der Waals surface area contributed by atoms with Gasteiger partial charge in [-0.2, -0.15) is 0 Å². The molecule has 0 aliphatic carbocycles. The number of aryl methyl sites for hydroxylation is 1. The summed E-state index contributed by atoms with van der Waals surface area (Å²) in [6.45, 7) is 4.08. The highest BCUT2D eigenvalue weighted by Gasteiger charge is 2.16. The molecule has 0 aromatic heterocycles. The van der Waals surface area contributed by atoms with Gasteiger partial charge in [0.15, 0.2) is 0 Å². The normalized spacial score (nSPS) is 11.3. The summed E-state index contributed by atoms with van der Waals surface area (Å²) in [5.41, 5.74) is 6.66. The second kappa shape index (κ2) is 6.53. The molecule has 19 heavy (non-hydrogen) atoms. The highest BCUT2D eigenvalue weighted by Crippen LogP contribution is 2.17. The van der Waals surface area contributed by atoms with E-state index in [4.69, 9.17) is 5.73 Å². The minimum Gasteiger partial charge on any atom is -0.399 e. The lowest BCUT2D eigenvalue weighted by Crippen LogP contribution is -2.31. The predicted octanol–water partition coefficient (Wildman–Crippen LogP) is 0.382. The first-order chi connectivity index (χ1) is 8.86. The Kier molecular flexibility index (Phi) is 5.31. The lowest BCUT2D eigenvalue weighted by Gasteiger charge is -2.09. The maximum atomic E-state index is 12.0. The molecule has 7 heteroatoms. The molecular formula is C12H19N3O3S. The van der Waals surface area contributed by atoms with Crippen LogP contribution in [0.15, 0.2) is 23.1 Å². The fourth-order valence-corrected chi connectivity index (χ4v) is 2.89. The van der Waals surface area contributed by atoms with Gasteiger partial charge >= 0.3 is 0 Å². The Morgan fingerprint density at radius 2 is 2.05 bits per heavy atom. The average Bonchev–Trinajstić information content (AvgIpc) is 2.28. The minimum atomic E-state index is -3.60. The fourth-order valence-electron chi connectivity index (χ4n) is 1.64. The minimum absolute atomic E-state index is 0.0674. The summed E-state index contributed by atoms with van der Waals surface area (Å²) in [5, 5.41) is 2.60. The van der Waals surface area contributed by atoms with E-state index in [1.54, 1.807) is 19.9 Å². The van der Waals surface area contributed by atoms with Gasteiger partial charge in [-0.25, -0.2) is 13.1 Å². The van der Waals surface area contributed by atoms with Gasteiger partial charge < -0.3 is 11.1 Å². The number of amides is 1. The van der Waals surface area contributed by atoms with Gasteiger partial charge in [0, 0.05) is 25.2 Å². The Morgan fingerprint density at radius 1 is 1.37 bits per heavy atom. The smallest absolute Gasteiger partial charge is 0.240 e. The second-order valence-electron chi connectivity index (χ2n) is 4.13. The molecule has 1 aromatic rings. The average molecular weight is 285 g/mol. The summed E-state index contributed by atoms with van der Waals surface area (Å²) < 4.78 is 26.4. The maximum absolute atomic E-state index is 12.0. The first kappa shape index (κ1) is 15.5. The van der Waals surface area contributed by atoms with E-state index in [9.17, 15) is 13.2 Å². The van der Waals surface area contributed by atoms with Crippen molar-refractivity contribution in [3.05, 3.63) is 23.8 Å². The third-order valence-electron chi connectivity index (χ3n) is 2.51. The van der Waals surface area contributed by atoms with E-state index in [1.807, 2.05) is 0 Å². The van der Waals surface area contributed by atoms with Crippen molar-refractivity contribution in [2.45, 2.75) is 25.2 Å². The van der Waals surface area contributed by atoms with Crippen molar-refractivity contribution in [2.24, 2.45) is 0 Å². The van der Waals surface area contributed by atoms with E-state index < -0.39 is 10.0 Å². The molecule has 0 bridgehead atoms. The van der Waals surface area contributed by atoms with Gasteiger partial charge in [0.2, 0.25) is 15.9 Å². The van der Waals surface area contributed by atoms with E-state index in [0.717, 1.165) is 0 Å². The maximum Gasteiger partial charge on any atom is 0.240 e. The first-order valence-corrected chi connectivity index (χ1v) is 7.47. The van der Waals surface area contributed by atoms with Crippen LogP contribution in [0.2, 0.25) is 0 Å². The zero-order valence-corrected chi connectivity index (χ0v) is 11.9. The SMILES string of the molecule is CCNC(=O)CCNS(=O)(=O)c1ccc(N)cc1C. The number of nitrogens with two attached hydrogens (primary N) is 1. The standard InChI is InChI=1S/C12H19N3O3S/c1-3-14-12(16)6-7-15-19(17,18)11-5-4-10(13)8-9(11)2/h4-5,8,15H,3,6-7,13H2,1-2H3,(H,14,16). The molecule has 1 rings (SSSR count). The molecule has 0 saturated heterocycles. The molecule has 0 aliphatic rings. The number of nitrogens with one attached hydrogen (secondary N) is 2. The van der Waals surface area contributed by atoms with Crippen molar-refractivity contribution in [3.63, 3.8) is 0 Å². The summed E-state index contributed by atoms with van der Waals surface area (Å²) in [4.78, 5) is 11.4. The Bertz CT molecular complexity index is 555. The van der Waals surface area contributed by atoms with E-state index in [1.165, 1.54) is 12.1 Å². The molecule has 6 nitrogen and oxygen atoms in total. The number of hydrogen-bond donors (Lipinski definition) is 3. The molecule has 1 aromatic carbocycles. The van der Waals surface area contributed by atoms with Crippen LogP contribution in [-0.2, 0) is 14.8 Å². The van der Waals surface area contributed by atoms with Crippen LogP contribution in [0.25, 0.3) is 0 Å². The summed E-state index contributed by atoms with van der Waals surface area (Å²) in [5.74, 6) is -0.181. The summed E-state index contributed by atoms with van der Waals surface area (Å²) in [7, 11) is -3.60. The fraction of sp³-hybridized carbons (Fsp3) is 0.417. The van der Waals surface area contributed by atoms with Crippen LogP contribution in [0.1, 0.15) is 18.9 Å². The number of sulfonamides is 1. The number of carbonyl (C=O) groups is 1. The molecule has 0 unspecified atom stereocenters. The number of hydrogen-bond acceptors (Lipinski definition) is 4. The number of carbonyl (C=O) groups excluding carboxylic acids is 1. The van der Waals surface area contributed by atoms with Gasteiger partial charge in [-0.15, -0.1) is 0 Å². The molecule has 0 spiro atoms. The molecule has 106 valence electrons. The van der Waals surface area contributed by atoms with Crippen molar-refractivity contribution in [1.82, 2.24) is 10.0 Å². The van der Waals surface area contributed by atoms with Crippen molar-refractivity contribution in [1.29, 1.82) is 0 Å². The Morgan fingerprint density at radius 3 is 2.63 bits per heavy atom. The summed E-state index contributed by atoms with van der Waals surface area (Å²) >= 11 is 0. The van der Waals surface area contributed by atoms with E-state index in [2.05, 4.69) is 10.0 Å². The van der Waals surface area contributed by atoms with Gasteiger partial charge in [0.25, 0.3) is 0 Å². The quantitative estimate of drug-likeness (QED) is 0.658. The first-order valence-electron chi connectivity index (χ1n) is 5.99. The third kappa shape index (κ3) is 4.53. The second-order valence-corrected chi connectivity index (χ2v) is 5.86. The Balaban J connectivity index is 2.68. The van der Waals surface area contributed by atoms with Crippen molar-refractivity contribution in [2.75, 3.05) is 18.8 Å². The van der Waals surface area contributed by atoms with Gasteiger partial charge in [0.05, 0.1) is 4.90 Å². The highest BCUT2D eigenvalue weighted by atomic mass is 32.2. The van der Waals surface area contributed by atoms with Crippen molar-refractivity contribution >= 4 is 21.6 Å². The molecule has 4 N–H and O–H groups in total. The molecule has 0 atom stereocenters. The van der Waals surface area contributed by atoms with Gasteiger partial charge in [-0.1, -0.05) is 0 Å². The number of nitrogen functional groups attached to an aromatic ring is 1. The summed E-state index contributed by atoms with van der Waals surface area (Å²) in [6, 6.07) is 4.59. The van der Waals surface area contributed by atoms with Gasteiger partial charge in [-0.3, -0.25) is 4.79 Å². The van der Waals surface area contributed by atoms with Crippen molar-refractivity contribution in [3.8, 4) is 0 Å².